The minimum atomic E-state index is 0.358. The zero-order valence-corrected chi connectivity index (χ0v) is 11.5. The van der Waals surface area contributed by atoms with Gasteiger partial charge in [0.2, 0.25) is 0 Å². The van der Waals surface area contributed by atoms with E-state index in [1.54, 1.807) is 0 Å². The van der Waals surface area contributed by atoms with E-state index in [1.807, 2.05) is 0 Å². The van der Waals surface area contributed by atoms with Crippen molar-refractivity contribution in [3.63, 3.8) is 0 Å². The number of likely N-dealkylation sites (N-methyl/N-ethyl adjacent to an activating group) is 1. The molecule has 2 unspecified atom stereocenters. The maximum absolute atomic E-state index is 3.70. The first-order valence-electron chi connectivity index (χ1n) is 6.06. The van der Waals surface area contributed by atoms with Crippen molar-refractivity contribution in [3.05, 3.63) is 0 Å². The van der Waals surface area contributed by atoms with Gasteiger partial charge in [-0.15, -0.1) is 0 Å². The molecular formula is C13H28N2. The summed E-state index contributed by atoms with van der Waals surface area (Å²) >= 11 is 0. The largest absolute Gasteiger partial charge is 0.311 e. The first kappa shape index (κ1) is 13.0. The van der Waals surface area contributed by atoms with Gasteiger partial charge in [-0.2, -0.15) is 0 Å². The summed E-state index contributed by atoms with van der Waals surface area (Å²) in [5.41, 5.74) is 0.724. The average molecular weight is 212 g/mol. The highest BCUT2D eigenvalue weighted by atomic mass is 15.2. The van der Waals surface area contributed by atoms with Crippen LogP contribution in [0.1, 0.15) is 41.5 Å². The van der Waals surface area contributed by atoms with E-state index in [-0.39, 0.29) is 0 Å². The fraction of sp³-hybridized carbons (Fsp3) is 1.00. The number of rotatable bonds is 0. The molecule has 2 atom stereocenters. The molecule has 15 heavy (non-hydrogen) atoms. The number of hydrogen-bond donors (Lipinski definition) is 1. The van der Waals surface area contributed by atoms with Crippen LogP contribution in [-0.4, -0.2) is 37.1 Å². The molecule has 2 nitrogen and oxygen atoms in total. The van der Waals surface area contributed by atoms with E-state index in [0.717, 1.165) is 13.1 Å². The Kier molecular flexibility index (Phi) is 3.52. The van der Waals surface area contributed by atoms with Crippen molar-refractivity contribution in [2.45, 2.75) is 53.6 Å². The van der Waals surface area contributed by atoms with Crippen molar-refractivity contribution in [1.82, 2.24) is 10.2 Å². The Hall–Kier alpha value is -0.0800. The van der Waals surface area contributed by atoms with Gasteiger partial charge in [-0.05, 0) is 17.9 Å². The molecule has 0 amide bonds. The number of piperazine rings is 1. The Labute approximate surface area is 95.4 Å². The highest BCUT2D eigenvalue weighted by molar-refractivity contribution is 4.94. The van der Waals surface area contributed by atoms with Gasteiger partial charge in [0.05, 0.1) is 0 Å². The van der Waals surface area contributed by atoms with Crippen LogP contribution in [0.4, 0.5) is 0 Å². The maximum atomic E-state index is 3.70. The Morgan fingerprint density at radius 3 is 1.87 bits per heavy atom. The van der Waals surface area contributed by atoms with Gasteiger partial charge < -0.3 is 10.2 Å². The van der Waals surface area contributed by atoms with Crippen LogP contribution < -0.4 is 5.32 Å². The van der Waals surface area contributed by atoms with E-state index in [0.29, 0.717) is 22.9 Å². The second-order valence-corrected chi connectivity index (χ2v) is 7.15. The molecule has 0 aromatic carbocycles. The number of nitrogens with zero attached hydrogens (tertiary/aromatic N) is 1. The van der Waals surface area contributed by atoms with Crippen molar-refractivity contribution in [2.75, 3.05) is 20.1 Å². The van der Waals surface area contributed by atoms with Crippen molar-refractivity contribution >= 4 is 0 Å². The topological polar surface area (TPSA) is 15.3 Å². The molecule has 0 aliphatic carbocycles. The lowest BCUT2D eigenvalue weighted by atomic mass is 9.80. The van der Waals surface area contributed by atoms with Crippen molar-refractivity contribution < 1.29 is 0 Å². The third kappa shape index (κ3) is 3.18. The van der Waals surface area contributed by atoms with Crippen LogP contribution in [0.5, 0.6) is 0 Å². The summed E-state index contributed by atoms with van der Waals surface area (Å²) in [7, 11) is 2.26. The molecule has 0 aromatic heterocycles. The SMILES string of the molecule is CN1CC(C(C)(C)C)NCC1C(C)(C)C. The highest BCUT2D eigenvalue weighted by Gasteiger charge is 2.36. The number of hydrogen-bond acceptors (Lipinski definition) is 2. The molecule has 0 radical (unpaired) electrons. The van der Waals surface area contributed by atoms with Crippen LogP contribution in [0.2, 0.25) is 0 Å². The first-order chi connectivity index (χ1) is 6.62. The predicted octanol–water partition coefficient (Wildman–Crippen LogP) is 2.35. The van der Waals surface area contributed by atoms with Crippen molar-refractivity contribution in [1.29, 1.82) is 0 Å². The fourth-order valence-electron chi connectivity index (χ4n) is 2.44. The minimum absolute atomic E-state index is 0.358. The van der Waals surface area contributed by atoms with Gasteiger partial charge in [0.1, 0.15) is 0 Å². The molecule has 1 heterocycles. The summed E-state index contributed by atoms with van der Waals surface area (Å²) in [4.78, 5) is 2.52. The van der Waals surface area contributed by atoms with E-state index in [1.165, 1.54) is 0 Å². The molecule has 90 valence electrons. The lowest BCUT2D eigenvalue weighted by Crippen LogP contribution is -2.62. The molecule has 1 saturated heterocycles. The van der Waals surface area contributed by atoms with Crippen LogP contribution >= 0.6 is 0 Å². The summed E-state index contributed by atoms with van der Waals surface area (Å²) in [6.45, 7) is 16.2. The molecule has 0 saturated carbocycles. The molecule has 0 bridgehead atoms. The highest BCUT2D eigenvalue weighted by Crippen LogP contribution is 2.29. The van der Waals surface area contributed by atoms with E-state index in [2.05, 4.69) is 58.8 Å². The predicted molar refractivity (Wildman–Crippen MR) is 67.1 cm³/mol. The molecular weight excluding hydrogens is 184 g/mol. The van der Waals surface area contributed by atoms with Crippen molar-refractivity contribution in [3.8, 4) is 0 Å². The molecule has 1 N–H and O–H groups in total. The smallest absolute Gasteiger partial charge is 0.0266 e. The van der Waals surface area contributed by atoms with Gasteiger partial charge in [-0.25, -0.2) is 0 Å². The molecule has 0 spiro atoms. The van der Waals surface area contributed by atoms with Crippen LogP contribution in [0, 0.1) is 10.8 Å². The molecule has 1 aliphatic rings. The lowest BCUT2D eigenvalue weighted by Gasteiger charge is -2.48. The molecule has 2 heteroatoms. The summed E-state index contributed by atoms with van der Waals surface area (Å²) < 4.78 is 0. The van der Waals surface area contributed by atoms with Gasteiger partial charge >= 0.3 is 0 Å². The third-order valence-electron chi connectivity index (χ3n) is 3.61. The van der Waals surface area contributed by atoms with Gasteiger partial charge in [0.25, 0.3) is 0 Å². The monoisotopic (exact) mass is 212 g/mol. The standard InChI is InChI=1S/C13H28N2/c1-12(2,3)10-9-15(7)11(8-14-10)13(4,5)6/h10-11,14H,8-9H2,1-7H3. The summed E-state index contributed by atoms with van der Waals surface area (Å²) in [6.07, 6.45) is 0. The molecule has 0 aromatic rings. The van der Waals surface area contributed by atoms with Crippen LogP contribution in [0.25, 0.3) is 0 Å². The summed E-state index contributed by atoms with van der Waals surface area (Å²) in [6, 6.07) is 1.26. The van der Waals surface area contributed by atoms with E-state index < -0.39 is 0 Å². The van der Waals surface area contributed by atoms with E-state index in [4.69, 9.17) is 0 Å². The van der Waals surface area contributed by atoms with Gasteiger partial charge in [0.15, 0.2) is 0 Å². The second-order valence-electron chi connectivity index (χ2n) is 7.15. The molecule has 1 fully saturated rings. The van der Waals surface area contributed by atoms with Crippen molar-refractivity contribution in [2.24, 2.45) is 10.8 Å². The summed E-state index contributed by atoms with van der Waals surface area (Å²) in [5.74, 6) is 0. The van der Waals surface area contributed by atoms with E-state index >= 15 is 0 Å². The second kappa shape index (κ2) is 4.06. The lowest BCUT2D eigenvalue weighted by molar-refractivity contribution is 0.0503. The first-order valence-corrected chi connectivity index (χ1v) is 6.06. The molecule has 1 aliphatic heterocycles. The van der Waals surface area contributed by atoms with Crippen LogP contribution in [-0.2, 0) is 0 Å². The Morgan fingerprint density at radius 2 is 1.53 bits per heavy atom. The quantitative estimate of drug-likeness (QED) is 0.663. The Balaban J connectivity index is 2.64. The van der Waals surface area contributed by atoms with Crippen LogP contribution in [0.15, 0.2) is 0 Å². The van der Waals surface area contributed by atoms with Gasteiger partial charge in [0, 0.05) is 25.2 Å². The fourth-order valence-corrected chi connectivity index (χ4v) is 2.44. The Morgan fingerprint density at radius 1 is 1.00 bits per heavy atom. The van der Waals surface area contributed by atoms with Gasteiger partial charge in [-0.1, -0.05) is 41.5 Å². The van der Waals surface area contributed by atoms with Gasteiger partial charge in [-0.3, -0.25) is 0 Å². The third-order valence-corrected chi connectivity index (χ3v) is 3.61. The van der Waals surface area contributed by atoms with Crippen LogP contribution in [0.3, 0.4) is 0 Å². The molecule has 1 rings (SSSR count). The van der Waals surface area contributed by atoms with E-state index in [9.17, 15) is 0 Å². The number of nitrogens with one attached hydrogen (secondary N) is 1. The zero-order chi connectivity index (χ0) is 11.9. The average Bonchev–Trinajstić information content (AvgIpc) is 1.99. The Bertz CT molecular complexity index is 210. The maximum Gasteiger partial charge on any atom is 0.0266 e. The summed E-state index contributed by atoms with van der Waals surface area (Å²) in [5, 5.41) is 3.70. The normalized spacial score (nSPS) is 30.6. The minimum Gasteiger partial charge on any atom is -0.311 e. The zero-order valence-electron chi connectivity index (χ0n) is 11.5.